The van der Waals surface area contributed by atoms with E-state index in [-0.39, 0.29) is 46.8 Å². The average molecular weight is 640 g/mol. The van der Waals surface area contributed by atoms with Crippen LogP contribution in [0.2, 0.25) is 0 Å². The molecule has 6 heteroatoms. The summed E-state index contributed by atoms with van der Waals surface area (Å²) in [4.78, 5) is 29.1. The lowest BCUT2D eigenvalue weighted by atomic mass is 9.44. The van der Waals surface area contributed by atoms with Crippen LogP contribution in [0.5, 0.6) is 0 Å². The predicted molar refractivity (Wildman–Crippen MR) is 184 cm³/mol. The number of quaternary nitrogens is 1. The summed E-state index contributed by atoms with van der Waals surface area (Å²) in [5, 5.41) is 0. The third-order valence-corrected chi connectivity index (χ3v) is 14.8. The molecular formula is C40H67N2O4+. The van der Waals surface area contributed by atoms with Crippen molar-refractivity contribution in [1.82, 2.24) is 4.90 Å². The van der Waals surface area contributed by atoms with E-state index in [0.717, 1.165) is 43.4 Å². The highest BCUT2D eigenvalue weighted by Crippen LogP contribution is 2.68. The van der Waals surface area contributed by atoms with Gasteiger partial charge in [0.15, 0.2) is 6.10 Å². The maximum atomic E-state index is 13.4. The van der Waals surface area contributed by atoms with Gasteiger partial charge in [0, 0.05) is 17.9 Å². The number of piperidine rings is 2. The number of hydrogen-bond donors (Lipinski definition) is 0. The van der Waals surface area contributed by atoms with Gasteiger partial charge in [-0.15, -0.1) is 0 Å². The summed E-state index contributed by atoms with van der Waals surface area (Å²) in [6.45, 7) is 23.0. The molecule has 0 N–H and O–H groups in total. The van der Waals surface area contributed by atoms with Gasteiger partial charge in [0.2, 0.25) is 0 Å². The highest BCUT2D eigenvalue weighted by Gasteiger charge is 2.67. The Labute approximate surface area is 281 Å². The minimum Gasteiger partial charge on any atom is -0.460 e. The molecule has 260 valence electrons. The van der Waals surface area contributed by atoms with Crippen LogP contribution < -0.4 is 0 Å². The van der Waals surface area contributed by atoms with Crippen molar-refractivity contribution in [2.24, 2.45) is 46.3 Å². The normalized spacial score (nSPS) is 42.5. The summed E-state index contributed by atoms with van der Waals surface area (Å²) in [5.41, 5.74) is 0.285. The molecule has 6 nitrogen and oxygen atoms in total. The van der Waals surface area contributed by atoms with Crippen molar-refractivity contribution in [1.29, 1.82) is 0 Å². The fraction of sp³-hybridized carbons (Fsp3) is 0.900. The minimum absolute atomic E-state index is 0.00999. The van der Waals surface area contributed by atoms with E-state index in [9.17, 15) is 9.59 Å². The zero-order chi connectivity index (χ0) is 32.9. The summed E-state index contributed by atoms with van der Waals surface area (Å²) >= 11 is 0. The zero-order valence-electron chi connectivity index (χ0n) is 30.3. The van der Waals surface area contributed by atoms with Crippen LogP contribution in [-0.4, -0.2) is 78.3 Å². The zero-order valence-corrected chi connectivity index (χ0v) is 30.3. The largest absolute Gasteiger partial charge is 0.460 e. The van der Waals surface area contributed by atoms with E-state index in [1.165, 1.54) is 77.3 Å². The fourth-order valence-electron chi connectivity index (χ4n) is 12.3. The first-order chi connectivity index (χ1) is 21.9. The van der Waals surface area contributed by atoms with Gasteiger partial charge >= 0.3 is 11.9 Å². The van der Waals surface area contributed by atoms with Crippen LogP contribution in [0.1, 0.15) is 125 Å². The van der Waals surface area contributed by atoms with E-state index in [2.05, 4.69) is 31.4 Å². The van der Waals surface area contributed by atoms with E-state index in [0.29, 0.717) is 35.8 Å². The summed E-state index contributed by atoms with van der Waals surface area (Å²) in [6, 6.07) is 0.703. The Morgan fingerprint density at radius 1 is 0.848 bits per heavy atom. The molecule has 4 saturated carbocycles. The quantitative estimate of drug-likeness (QED) is 0.154. The molecule has 0 spiro atoms. The number of nitrogens with zero attached hydrogens (tertiary/aromatic N) is 2. The summed E-state index contributed by atoms with van der Waals surface area (Å²) in [6.07, 6.45) is 18.1. The van der Waals surface area contributed by atoms with Crippen molar-refractivity contribution in [3.63, 3.8) is 0 Å². The van der Waals surface area contributed by atoms with Crippen LogP contribution in [-0.2, 0) is 19.1 Å². The Bertz CT molecular complexity index is 1110. The molecule has 0 unspecified atom stereocenters. The molecule has 2 heterocycles. The first-order valence-electron chi connectivity index (χ1n) is 19.5. The molecule has 10 atom stereocenters. The summed E-state index contributed by atoms with van der Waals surface area (Å²) in [7, 11) is 0. The third kappa shape index (κ3) is 6.03. The van der Waals surface area contributed by atoms with Crippen LogP contribution in [0.4, 0.5) is 0 Å². The fourth-order valence-corrected chi connectivity index (χ4v) is 12.3. The van der Waals surface area contributed by atoms with Gasteiger partial charge in [-0.1, -0.05) is 54.5 Å². The maximum Gasteiger partial charge on any atom is 0.308 e. The lowest BCUT2D eigenvalue weighted by Gasteiger charge is -2.62. The standard InChI is InChI=1S/C40H67N2O4/c1-8-21-42(22-13-10-14-23-42)34-25-32-30-16-15-29-24-35(45-37(43)27(2)3)33(41-19-11-9-12-20-41)26-40(29,7)31(30)17-18-39(32,6)36(34)46-38(44)28(4)5/h8,27-36H,1,9-26H2,2-7H3/q+1/t29-,30+,31-,32-,33-,34-,35-,36-,39-,40-/m0/s1. The van der Waals surface area contributed by atoms with Crippen LogP contribution in [0.15, 0.2) is 12.7 Å². The predicted octanol–water partition coefficient (Wildman–Crippen LogP) is 7.79. The summed E-state index contributed by atoms with van der Waals surface area (Å²) in [5.74, 6) is 2.34. The topological polar surface area (TPSA) is 55.8 Å². The van der Waals surface area contributed by atoms with E-state index in [1.54, 1.807) is 0 Å². The van der Waals surface area contributed by atoms with Gasteiger partial charge in [-0.05, 0) is 119 Å². The molecule has 0 aromatic rings. The molecule has 4 aliphatic carbocycles. The lowest BCUT2D eigenvalue weighted by Crippen LogP contribution is -2.63. The Balaban J connectivity index is 1.31. The smallest absolute Gasteiger partial charge is 0.308 e. The number of carbonyl (C=O) groups excluding carboxylic acids is 2. The van der Waals surface area contributed by atoms with Crippen molar-refractivity contribution < 1.29 is 23.5 Å². The number of rotatable bonds is 8. The molecule has 0 amide bonds. The van der Waals surface area contributed by atoms with Gasteiger partial charge in [0.1, 0.15) is 12.1 Å². The second kappa shape index (κ2) is 13.5. The lowest BCUT2D eigenvalue weighted by molar-refractivity contribution is -0.952. The van der Waals surface area contributed by atoms with Crippen molar-refractivity contribution >= 4 is 11.9 Å². The molecule has 6 aliphatic rings. The Hall–Kier alpha value is -1.40. The molecule has 0 bridgehead atoms. The summed E-state index contributed by atoms with van der Waals surface area (Å²) < 4.78 is 14.2. The van der Waals surface area contributed by atoms with Crippen LogP contribution in [0.25, 0.3) is 0 Å². The Morgan fingerprint density at radius 3 is 2.15 bits per heavy atom. The number of likely N-dealkylation sites (tertiary alicyclic amines) is 2. The van der Waals surface area contributed by atoms with Crippen molar-refractivity contribution in [2.45, 2.75) is 149 Å². The number of fused-ring (bicyclic) bond motifs is 5. The van der Waals surface area contributed by atoms with Gasteiger partial charge in [-0.25, -0.2) is 0 Å². The van der Waals surface area contributed by atoms with Crippen molar-refractivity contribution in [2.75, 3.05) is 32.7 Å². The molecule has 0 radical (unpaired) electrons. The molecule has 6 fully saturated rings. The van der Waals surface area contributed by atoms with Gasteiger partial charge in [0.25, 0.3) is 0 Å². The van der Waals surface area contributed by atoms with Crippen LogP contribution in [0.3, 0.4) is 0 Å². The van der Waals surface area contributed by atoms with Gasteiger partial charge in [0.05, 0.1) is 31.5 Å². The molecule has 2 aliphatic heterocycles. The monoisotopic (exact) mass is 640 g/mol. The molecule has 0 aromatic heterocycles. The molecule has 46 heavy (non-hydrogen) atoms. The highest BCUT2D eigenvalue weighted by atomic mass is 16.6. The molecule has 6 rings (SSSR count). The van der Waals surface area contributed by atoms with Gasteiger partial charge in [-0.3, -0.25) is 14.5 Å². The third-order valence-electron chi connectivity index (χ3n) is 14.8. The van der Waals surface area contributed by atoms with Crippen molar-refractivity contribution in [3.8, 4) is 0 Å². The van der Waals surface area contributed by atoms with E-state index >= 15 is 0 Å². The minimum atomic E-state index is -0.102. The Morgan fingerprint density at radius 2 is 1.50 bits per heavy atom. The van der Waals surface area contributed by atoms with Gasteiger partial charge < -0.3 is 14.0 Å². The van der Waals surface area contributed by atoms with Gasteiger partial charge in [-0.2, -0.15) is 0 Å². The van der Waals surface area contributed by atoms with E-state index in [1.807, 2.05) is 27.7 Å². The number of hydrogen-bond acceptors (Lipinski definition) is 5. The second-order valence-corrected chi connectivity index (χ2v) is 17.9. The maximum absolute atomic E-state index is 13.4. The number of ether oxygens (including phenoxy) is 2. The SMILES string of the molecule is C=CC[N+]1([C@H]2C[C@H]3[C@@H]4CC[C@H]5C[C@H](OC(=O)C(C)C)[C@@H](N6CCCCC6)C[C@]5(C)[C@H]4CC[C@]3(C)[C@H]2OC(=O)C(C)C)CCCCC1. The molecular weight excluding hydrogens is 572 g/mol. The Kier molecular flexibility index (Phi) is 10.1. The van der Waals surface area contributed by atoms with Crippen LogP contribution >= 0.6 is 0 Å². The molecule has 0 aromatic carbocycles. The second-order valence-electron chi connectivity index (χ2n) is 17.9. The van der Waals surface area contributed by atoms with Crippen molar-refractivity contribution in [3.05, 3.63) is 12.7 Å². The van der Waals surface area contributed by atoms with E-state index in [4.69, 9.17) is 9.47 Å². The number of carbonyl (C=O) groups is 2. The van der Waals surface area contributed by atoms with E-state index < -0.39 is 0 Å². The van der Waals surface area contributed by atoms with Crippen LogP contribution in [0, 0.1) is 46.3 Å². The molecule has 2 saturated heterocycles. The number of esters is 2. The first kappa shape index (κ1) is 34.5. The first-order valence-corrected chi connectivity index (χ1v) is 19.5. The highest BCUT2D eigenvalue weighted by molar-refractivity contribution is 5.72. The average Bonchev–Trinajstić information content (AvgIpc) is 3.34.